The number of benzene rings is 1. The average Bonchev–Trinajstić information content (AvgIpc) is 2.74. The molecule has 2 heterocycles. The fourth-order valence-electron chi connectivity index (χ4n) is 3.43. The number of anilines is 1. The van der Waals surface area contributed by atoms with Crippen LogP contribution in [0, 0.1) is 0 Å². The molecule has 3 rings (SSSR count). The Balaban J connectivity index is 1.53. The summed E-state index contributed by atoms with van der Waals surface area (Å²) in [7, 11) is -3.53. The normalized spacial score (nSPS) is 16.9. The molecule has 0 spiro atoms. The van der Waals surface area contributed by atoms with Crippen LogP contribution >= 0.6 is 0 Å². The van der Waals surface area contributed by atoms with Crippen molar-refractivity contribution in [2.75, 3.05) is 37.4 Å². The Hall–Kier alpha value is -2.04. The van der Waals surface area contributed by atoms with E-state index >= 15 is 0 Å². The second-order valence-electron chi connectivity index (χ2n) is 8.20. The molecule has 0 bridgehead atoms. The van der Waals surface area contributed by atoms with Crippen LogP contribution in [0.1, 0.15) is 31.1 Å². The van der Waals surface area contributed by atoms with Gasteiger partial charge in [0, 0.05) is 61.9 Å². The third kappa shape index (κ3) is 6.48. The second kappa shape index (κ2) is 9.84. The van der Waals surface area contributed by atoms with Crippen molar-refractivity contribution in [2.24, 2.45) is 0 Å². The molecular formula is C21H31N5O3S. The fourth-order valence-corrected chi connectivity index (χ4v) is 4.65. The van der Waals surface area contributed by atoms with E-state index in [1.807, 2.05) is 24.3 Å². The monoisotopic (exact) mass is 433 g/mol. The Morgan fingerprint density at radius 1 is 1.20 bits per heavy atom. The van der Waals surface area contributed by atoms with Crippen LogP contribution < -0.4 is 15.4 Å². The molecule has 9 heteroatoms. The standard InChI is InChI=1S/C21H31N5O3S/c1-21(2,24-16-20(27)18-4-3-9-23-15-18)14-17-5-7-19(8-6-17)25-30(28,29)26-12-10-22-11-13-26/h3-9,15,20,22,24-25,27H,10-14,16H2,1-2H3/t20-/m0/s1. The van der Waals surface area contributed by atoms with E-state index in [1.165, 1.54) is 4.31 Å². The lowest BCUT2D eigenvalue weighted by atomic mass is 9.94. The van der Waals surface area contributed by atoms with Gasteiger partial charge in [-0.05, 0) is 44.0 Å². The summed E-state index contributed by atoms with van der Waals surface area (Å²) in [5.74, 6) is 0. The molecule has 1 fully saturated rings. The lowest BCUT2D eigenvalue weighted by molar-refractivity contribution is 0.160. The molecule has 0 saturated carbocycles. The van der Waals surface area contributed by atoms with Gasteiger partial charge in [-0.1, -0.05) is 18.2 Å². The molecule has 0 radical (unpaired) electrons. The Bertz CT molecular complexity index is 898. The van der Waals surface area contributed by atoms with Crippen LogP contribution in [0.5, 0.6) is 0 Å². The first-order valence-corrected chi connectivity index (χ1v) is 11.6. The molecule has 1 aliphatic rings. The highest BCUT2D eigenvalue weighted by Gasteiger charge is 2.24. The van der Waals surface area contributed by atoms with Crippen molar-refractivity contribution in [1.82, 2.24) is 19.9 Å². The lowest BCUT2D eigenvalue weighted by Crippen LogP contribution is -2.48. The number of rotatable bonds is 9. The van der Waals surface area contributed by atoms with Crippen LogP contribution in [0.3, 0.4) is 0 Å². The molecule has 1 aliphatic heterocycles. The molecule has 0 aliphatic carbocycles. The first-order chi connectivity index (χ1) is 14.3. The van der Waals surface area contributed by atoms with Crippen LogP contribution in [-0.4, -0.2) is 61.1 Å². The molecule has 1 atom stereocenters. The molecule has 4 N–H and O–H groups in total. The van der Waals surface area contributed by atoms with Crippen LogP contribution in [0.4, 0.5) is 5.69 Å². The number of aliphatic hydroxyl groups is 1. The van der Waals surface area contributed by atoms with Gasteiger partial charge in [0.15, 0.2) is 0 Å². The first kappa shape index (κ1) is 22.6. The molecule has 0 amide bonds. The van der Waals surface area contributed by atoms with Gasteiger partial charge in [-0.25, -0.2) is 0 Å². The summed E-state index contributed by atoms with van der Waals surface area (Å²) < 4.78 is 29.1. The summed E-state index contributed by atoms with van der Waals surface area (Å²) in [4.78, 5) is 4.04. The zero-order chi connectivity index (χ0) is 21.6. The highest BCUT2D eigenvalue weighted by molar-refractivity contribution is 7.90. The van der Waals surface area contributed by atoms with Crippen LogP contribution in [-0.2, 0) is 16.6 Å². The van der Waals surface area contributed by atoms with Crippen molar-refractivity contribution >= 4 is 15.9 Å². The second-order valence-corrected chi connectivity index (χ2v) is 9.87. The number of β-amino-alcohol motifs (C(OH)–C–C–N with tert-alkyl or cyclic N) is 1. The van der Waals surface area contributed by atoms with Crippen molar-refractivity contribution in [3.63, 3.8) is 0 Å². The Kier molecular flexibility index (Phi) is 7.43. The van der Waals surface area contributed by atoms with Crippen LogP contribution in [0.15, 0.2) is 48.8 Å². The molecule has 1 aromatic carbocycles. The molecule has 30 heavy (non-hydrogen) atoms. The quantitative estimate of drug-likeness (QED) is 0.475. The van der Waals surface area contributed by atoms with E-state index in [-0.39, 0.29) is 5.54 Å². The topological polar surface area (TPSA) is 107 Å². The van der Waals surface area contributed by atoms with Crippen molar-refractivity contribution in [1.29, 1.82) is 0 Å². The highest BCUT2D eigenvalue weighted by atomic mass is 32.2. The lowest BCUT2D eigenvalue weighted by Gasteiger charge is -2.28. The van der Waals surface area contributed by atoms with E-state index in [2.05, 4.69) is 34.2 Å². The van der Waals surface area contributed by atoms with Crippen LogP contribution in [0.2, 0.25) is 0 Å². The predicted molar refractivity (Wildman–Crippen MR) is 118 cm³/mol. The van der Waals surface area contributed by atoms with E-state index in [4.69, 9.17) is 0 Å². The van der Waals surface area contributed by atoms with E-state index in [9.17, 15) is 13.5 Å². The Morgan fingerprint density at radius 2 is 1.90 bits per heavy atom. The largest absolute Gasteiger partial charge is 0.387 e. The number of nitrogens with zero attached hydrogens (tertiary/aromatic N) is 2. The van der Waals surface area contributed by atoms with Crippen molar-refractivity contribution in [2.45, 2.75) is 31.9 Å². The van der Waals surface area contributed by atoms with Crippen molar-refractivity contribution in [3.8, 4) is 0 Å². The van der Waals surface area contributed by atoms with E-state index in [0.29, 0.717) is 38.4 Å². The maximum atomic E-state index is 12.5. The third-order valence-electron chi connectivity index (χ3n) is 5.11. The summed E-state index contributed by atoms with van der Waals surface area (Å²) in [6.45, 7) is 6.83. The Morgan fingerprint density at radius 3 is 2.53 bits per heavy atom. The third-order valence-corrected chi connectivity index (χ3v) is 6.64. The van der Waals surface area contributed by atoms with Gasteiger partial charge in [0.05, 0.1) is 6.10 Å². The number of pyridine rings is 1. The molecular weight excluding hydrogens is 402 g/mol. The summed E-state index contributed by atoms with van der Waals surface area (Å²) in [6.07, 6.45) is 3.46. The van der Waals surface area contributed by atoms with Crippen molar-refractivity contribution < 1.29 is 13.5 Å². The molecule has 8 nitrogen and oxygen atoms in total. The number of piperazine rings is 1. The predicted octanol–water partition coefficient (Wildman–Crippen LogP) is 1.29. The smallest absolute Gasteiger partial charge is 0.301 e. The number of nitrogens with one attached hydrogen (secondary N) is 3. The molecule has 1 aromatic heterocycles. The van der Waals surface area contributed by atoms with Gasteiger partial charge in [0.2, 0.25) is 0 Å². The van der Waals surface area contributed by atoms with Gasteiger partial charge in [0.1, 0.15) is 0 Å². The molecule has 2 aromatic rings. The molecule has 0 unspecified atom stereocenters. The summed E-state index contributed by atoms with van der Waals surface area (Å²) >= 11 is 0. The maximum absolute atomic E-state index is 12.5. The van der Waals surface area contributed by atoms with Gasteiger partial charge >= 0.3 is 10.2 Å². The SMILES string of the molecule is CC(C)(Cc1ccc(NS(=O)(=O)N2CCNCC2)cc1)NC[C@H](O)c1cccnc1. The summed E-state index contributed by atoms with van der Waals surface area (Å²) in [6, 6.07) is 11.1. The fraction of sp³-hybridized carbons (Fsp3) is 0.476. The number of hydrogen-bond acceptors (Lipinski definition) is 6. The zero-order valence-corrected chi connectivity index (χ0v) is 18.3. The van der Waals surface area contributed by atoms with Gasteiger partial charge in [0.25, 0.3) is 0 Å². The highest BCUT2D eigenvalue weighted by Crippen LogP contribution is 2.19. The molecule has 164 valence electrons. The minimum absolute atomic E-state index is 0.245. The average molecular weight is 434 g/mol. The van der Waals surface area contributed by atoms with E-state index < -0.39 is 16.3 Å². The van der Waals surface area contributed by atoms with Gasteiger partial charge in [-0.2, -0.15) is 12.7 Å². The zero-order valence-electron chi connectivity index (χ0n) is 17.5. The van der Waals surface area contributed by atoms with E-state index in [0.717, 1.165) is 17.5 Å². The van der Waals surface area contributed by atoms with Crippen molar-refractivity contribution in [3.05, 3.63) is 59.9 Å². The summed E-state index contributed by atoms with van der Waals surface area (Å²) in [5.41, 5.74) is 2.16. The van der Waals surface area contributed by atoms with E-state index in [1.54, 1.807) is 24.5 Å². The first-order valence-electron chi connectivity index (χ1n) is 10.2. The number of hydrogen-bond donors (Lipinski definition) is 4. The number of aliphatic hydroxyl groups excluding tert-OH is 1. The minimum atomic E-state index is -3.53. The summed E-state index contributed by atoms with van der Waals surface area (Å²) in [5, 5.41) is 16.9. The van der Waals surface area contributed by atoms with Gasteiger partial charge in [-0.15, -0.1) is 0 Å². The van der Waals surface area contributed by atoms with Gasteiger partial charge in [-0.3, -0.25) is 9.71 Å². The van der Waals surface area contributed by atoms with Crippen LogP contribution in [0.25, 0.3) is 0 Å². The Labute approximate surface area is 178 Å². The van der Waals surface area contributed by atoms with Gasteiger partial charge < -0.3 is 15.7 Å². The molecule has 1 saturated heterocycles. The maximum Gasteiger partial charge on any atom is 0.301 e. The number of aromatic nitrogens is 1. The minimum Gasteiger partial charge on any atom is -0.387 e.